The molecule has 6 nitrogen and oxygen atoms in total. The van der Waals surface area contributed by atoms with E-state index in [1.54, 1.807) is 4.90 Å². The van der Waals surface area contributed by atoms with Gasteiger partial charge in [0.25, 0.3) is 0 Å². The molecule has 2 amide bonds. The van der Waals surface area contributed by atoms with E-state index >= 15 is 0 Å². The summed E-state index contributed by atoms with van der Waals surface area (Å²) in [7, 11) is 0. The van der Waals surface area contributed by atoms with Crippen molar-refractivity contribution in [3.63, 3.8) is 0 Å². The van der Waals surface area contributed by atoms with E-state index in [9.17, 15) is 9.59 Å². The van der Waals surface area contributed by atoms with Crippen LogP contribution < -0.4 is 10.1 Å². The van der Waals surface area contributed by atoms with E-state index in [0.717, 1.165) is 0 Å². The fourth-order valence-electron chi connectivity index (χ4n) is 2.81. The number of carbonyl (C=O) groups excluding carboxylic acids is 2. The zero-order valence-corrected chi connectivity index (χ0v) is 16.4. The molecule has 0 aromatic heterocycles. The summed E-state index contributed by atoms with van der Waals surface area (Å²) in [4.78, 5) is 26.4. The van der Waals surface area contributed by atoms with Crippen LogP contribution in [0.4, 0.5) is 10.5 Å². The van der Waals surface area contributed by atoms with Crippen LogP contribution in [0.15, 0.2) is 24.3 Å². The number of piperidine rings is 1. The van der Waals surface area contributed by atoms with Gasteiger partial charge < -0.3 is 19.7 Å². The summed E-state index contributed by atoms with van der Waals surface area (Å²) in [6.45, 7) is 10.5. The number of para-hydroxylation sites is 2. The number of likely N-dealkylation sites (tertiary alicyclic amines) is 1. The Bertz CT molecular complexity index is 629. The third kappa shape index (κ3) is 5.93. The standard InChI is InChI=1S/C20H30N2O4/c1-14(2)25-17-9-7-6-8-16(17)21-18(23)15-10-12-22(13-11-15)19(24)26-20(3,4)5/h6-9,14-15H,10-13H2,1-5H3,(H,21,23). The van der Waals surface area contributed by atoms with E-state index in [2.05, 4.69) is 5.32 Å². The van der Waals surface area contributed by atoms with Crippen LogP contribution in [0.2, 0.25) is 0 Å². The van der Waals surface area contributed by atoms with Crippen molar-refractivity contribution in [2.24, 2.45) is 5.92 Å². The normalized spacial score (nSPS) is 15.7. The highest BCUT2D eigenvalue weighted by Crippen LogP contribution is 2.27. The van der Waals surface area contributed by atoms with Crippen molar-refractivity contribution >= 4 is 17.7 Å². The number of ether oxygens (including phenoxy) is 2. The minimum absolute atomic E-state index is 0.0325. The minimum atomic E-state index is -0.509. The first-order valence-corrected chi connectivity index (χ1v) is 9.20. The molecule has 6 heteroatoms. The summed E-state index contributed by atoms with van der Waals surface area (Å²) in [5, 5.41) is 2.97. The summed E-state index contributed by atoms with van der Waals surface area (Å²) in [5.74, 6) is 0.511. The zero-order chi connectivity index (χ0) is 19.3. The molecule has 2 rings (SSSR count). The number of hydrogen-bond acceptors (Lipinski definition) is 4. The lowest BCUT2D eigenvalue weighted by Gasteiger charge is -2.33. The molecule has 0 aliphatic carbocycles. The van der Waals surface area contributed by atoms with Gasteiger partial charge >= 0.3 is 6.09 Å². The molecule has 1 heterocycles. The monoisotopic (exact) mass is 362 g/mol. The first-order chi connectivity index (χ1) is 12.2. The lowest BCUT2D eigenvalue weighted by molar-refractivity contribution is -0.121. The van der Waals surface area contributed by atoms with Crippen molar-refractivity contribution in [3.05, 3.63) is 24.3 Å². The Kier molecular flexibility index (Phi) is 6.51. The third-order valence-corrected chi connectivity index (χ3v) is 4.03. The van der Waals surface area contributed by atoms with E-state index < -0.39 is 5.60 Å². The SMILES string of the molecule is CC(C)Oc1ccccc1NC(=O)C1CCN(C(=O)OC(C)(C)C)CC1. The molecular formula is C20H30N2O4. The number of nitrogens with one attached hydrogen (secondary N) is 1. The number of carbonyl (C=O) groups is 2. The summed E-state index contributed by atoms with van der Waals surface area (Å²) < 4.78 is 11.1. The second-order valence-corrected chi connectivity index (χ2v) is 7.89. The average molecular weight is 362 g/mol. The van der Waals surface area contributed by atoms with Gasteiger partial charge in [0, 0.05) is 19.0 Å². The molecule has 1 fully saturated rings. The average Bonchev–Trinajstić information content (AvgIpc) is 2.54. The largest absolute Gasteiger partial charge is 0.489 e. The molecule has 0 spiro atoms. The van der Waals surface area contributed by atoms with Gasteiger partial charge in [-0.15, -0.1) is 0 Å². The second-order valence-electron chi connectivity index (χ2n) is 7.89. The Morgan fingerprint density at radius 2 is 1.77 bits per heavy atom. The molecule has 1 aliphatic heterocycles. The highest BCUT2D eigenvalue weighted by atomic mass is 16.6. The molecular weight excluding hydrogens is 332 g/mol. The predicted molar refractivity (Wildman–Crippen MR) is 101 cm³/mol. The first-order valence-electron chi connectivity index (χ1n) is 9.20. The van der Waals surface area contributed by atoms with E-state index in [1.165, 1.54) is 0 Å². The van der Waals surface area contributed by atoms with Crippen molar-refractivity contribution < 1.29 is 19.1 Å². The fraction of sp³-hybridized carbons (Fsp3) is 0.600. The molecule has 0 radical (unpaired) electrons. The van der Waals surface area contributed by atoms with Gasteiger partial charge in [0.2, 0.25) is 5.91 Å². The van der Waals surface area contributed by atoms with Crippen molar-refractivity contribution in [2.75, 3.05) is 18.4 Å². The molecule has 1 N–H and O–H groups in total. The lowest BCUT2D eigenvalue weighted by Crippen LogP contribution is -2.43. The van der Waals surface area contributed by atoms with Gasteiger partial charge in [0.1, 0.15) is 11.4 Å². The predicted octanol–water partition coefficient (Wildman–Crippen LogP) is 4.06. The molecule has 0 atom stereocenters. The maximum Gasteiger partial charge on any atom is 0.410 e. The summed E-state index contributed by atoms with van der Waals surface area (Å²) in [6, 6.07) is 7.44. The third-order valence-electron chi connectivity index (χ3n) is 4.03. The number of nitrogens with zero attached hydrogens (tertiary/aromatic N) is 1. The topological polar surface area (TPSA) is 67.9 Å². The maximum atomic E-state index is 12.6. The van der Waals surface area contributed by atoms with E-state index in [4.69, 9.17) is 9.47 Å². The molecule has 1 aromatic carbocycles. The van der Waals surface area contributed by atoms with Crippen molar-refractivity contribution in [3.8, 4) is 5.75 Å². The van der Waals surface area contributed by atoms with Gasteiger partial charge in [0.05, 0.1) is 11.8 Å². The van der Waals surface area contributed by atoms with Gasteiger partial charge in [-0.05, 0) is 59.6 Å². The van der Waals surface area contributed by atoms with Crippen LogP contribution in [0.5, 0.6) is 5.75 Å². The Balaban J connectivity index is 1.90. The molecule has 0 unspecified atom stereocenters. The number of amides is 2. The lowest BCUT2D eigenvalue weighted by atomic mass is 9.96. The molecule has 144 valence electrons. The van der Waals surface area contributed by atoms with Crippen LogP contribution in [-0.4, -0.2) is 41.7 Å². The highest BCUT2D eigenvalue weighted by molar-refractivity contribution is 5.94. The number of hydrogen-bond donors (Lipinski definition) is 1. The molecule has 1 saturated heterocycles. The highest BCUT2D eigenvalue weighted by Gasteiger charge is 2.30. The maximum absolute atomic E-state index is 12.6. The minimum Gasteiger partial charge on any atom is -0.489 e. The quantitative estimate of drug-likeness (QED) is 0.877. The Hall–Kier alpha value is -2.24. The first kappa shape index (κ1) is 20.1. The van der Waals surface area contributed by atoms with Crippen molar-refractivity contribution in [1.82, 2.24) is 4.90 Å². The van der Waals surface area contributed by atoms with Crippen molar-refractivity contribution in [1.29, 1.82) is 0 Å². The van der Waals surface area contributed by atoms with Gasteiger partial charge in [-0.3, -0.25) is 4.79 Å². The van der Waals surface area contributed by atoms with Crippen LogP contribution in [0, 0.1) is 5.92 Å². The Labute approximate surface area is 155 Å². The Morgan fingerprint density at radius 3 is 2.35 bits per heavy atom. The molecule has 26 heavy (non-hydrogen) atoms. The van der Waals surface area contributed by atoms with Gasteiger partial charge in [0.15, 0.2) is 0 Å². The number of benzene rings is 1. The Morgan fingerprint density at radius 1 is 1.15 bits per heavy atom. The number of rotatable bonds is 4. The van der Waals surface area contributed by atoms with E-state index in [-0.39, 0.29) is 24.0 Å². The van der Waals surface area contributed by atoms with Crippen LogP contribution in [0.25, 0.3) is 0 Å². The van der Waals surface area contributed by atoms with Crippen LogP contribution in [0.3, 0.4) is 0 Å². The van der Waals surface area contributed by atoms with E-state index in [0.29, 0.717) is 37.4 Å². The van der Waals surface area contributed by atoms with Gasteiger partial charge in [-0.2, -0.15) is 0 Å². The van der Waals surface area contributed by atoms with E-state index in [1.807, 2.05) is 58.9 Å². The smallest absolute Gasteiger partial charge is 0.410 e. The molecule has 1 aliphatic rings. The molecule has 0 saturated carbocycles. The van der Waals surface area contributed by atoms with Crippen molar-refractivity contribution in [2.45, 2.75) is 59.2 Å². The summed E-state index contributed by atoms with van der Waals surface area (Å²) >= 11 is 0. The number of anilines is 1. The second kappa shape index (κ2) is 8.43. The summed E-state index contributed by atoms with van der Waals surface area (Å²) in [6.07, 6.45) is 0.966. The fourth-order valence-corrected chi connectivity index (χ4v) is 2.81. The van der Waals surface area contributed by atoms with Gasteiger partial charge in [-0.1, -0.05) is 12.1 Å². The van der Waals surface area contributed by atoms with Crippen LogP contribution >= 0.6 is 0 Å². The van der Waals surface area contributed by atoms with Crippen LogP contribution in [-0.2, 0) is 9.53 Å². The molecule has 0 bridgehead atoms. The van der Waals surface area contributed by atoms with Gasteiger partial charge in [-0.25, -0.2) is 4.79 Å². The van der Waals surface area contributed by atoms with Crippen LogP contribution in [0.1, 0.15) is 47.5 Å². The molecule has 1 aromatic rings. The summed E-state index contributed by atoms with van der Waals surface area (Å²) in [5.41, 5.74) is 0.173. The zero-order valence-electron chi connectivity index (χ0n) is 16.4.